The van der Waals surface area contributed by atoms with Crippen LogP contribution in [0.25, 0.3) is 0 Å². The SMILES string of the molecule is NC(N)=NCCCC(NC(=O)C(N)CC(=O)O)C(=O)NC(Cc1cnc[nH]1)C(=O)NCC(=O)O. The molecule has 0 spiro atoms. The van der Waals surface area contributed by atoms with Crippen LogP contribution >= 0.6 is 0 Å². The fourth-order valence-corrected chi connectivity index (χ4v) is 2.72. The van der Waals surface area contributed by atoms with Gasteiger partial charge in [0.15, 0.2) is 5.96 Å². The number of hydrogen-bond donors (Lipinski definition) is 9. The third-order valence-corrected chi connectivity index (χ3v) is 4.34. The summed E-state index contributed by atoms with van der Waals surface area (Å²) in [5, 5.41) is 24.6. The topological polar surface area (TPSA) is 281 Å². The number of nitrogens with one attached hydrogen (secondary N) is 4. The van der Waals surface area contributed by atoms with E-state index in [4.69, 9.17) is 27.4 Å². The Morgan fingerprint density at radius 2 is 1.71 bits per heavy atom. The van der Waals surface area contributed by atoms with Crippen molar-refractivity contribution in [2.75, 3.05) is 13.1 Å². The molecule has 0 aliphatic rings. The van der Waals surface area contributed by atoms with Crippen molar-refractivity contribution in [3.63, 3.8) is 0 Å². The molecule has 1 aromatic rings. The lowest BCUT2D eigenvalue weighted by Crippen LogP contribution is -2.56. The summed E-state index contributed by atoms with van der Waals surface area (Å²) >= 11 is 0. The van der Waals surface area contributed by atoms with Crippen LogP contribution in [0.4, 0.5) is 0 Å². The number of carboxylic acids is 2. The molecular weight excluding hydrogens is 454 g/mol. The molecule has 12 N–H and O–H groups in total. The maximum absolute atomic E-state index is 12.9. The molecule has 0 aliphatic heterocycles. The number of rotatable bonds is 15. The number of aromatic nitrogens is 2. The molecule has 34 heavy (non-hydrogen) atoms. The van der Waals surface area contributed by atoms with Crippen LogP contribution in [-0.4, -0.2) is 87.0 Å². The lowest BCUT2D eigenvalue weighted by molar-refractivity contribution is -0.139. The number of amides is 3. The molecule has 0 saturated carbocycles. The minimum atomic E-state index is -1.41. The number of H-pyrrole nitrogens is 1. The van der Waals surface area contributed by atoms with E-state index in [1.807, 2.05) is 0 Å². The van der Waals surface area contributed by atoms with Crippen molar-refractivity contribution in [2.24, 2.45) is 22.2 Å². The van der Waals surface area contributed by atoms with Crippen LogP contribution in [0.15, 0.2) is 17.5 Å². The molecule has 3 atom stereocenters. The van der Waals surface area contributed by atoms with Crippen LogP contribution in [0.2, 0.25) is 0 Å². The molecule has 0 radical (unpaired) electrons. The number of carbonyl (C=O) groups is 5. The smallest absolute Gasteiger partial charge is 0.322 e. The zero-order valence-electron chi connectivity index (χ0n) is 18.2. The van der Waals surface area contributed by atoms with E-state index in [0.717, 1.165) is 0 Å². The van der Waals surface area contributed by atoms with Crippen molar-refractivity contribution in [3.05, 3.63) is 18.2 Å². The highest BCUT2D eigenvalue weighted by Crippen LogP contribution is 2.04. The summed E-state index contributed by atoms with van der Waals surface area (Å²) in [5.41, 5.74) is 16.6. The van der Waals surface area contributed by atoms with E-state index in [1.165, 1.54) is 12.5 Å². The average molecular weight is 483 g/mol. The second kappa shape index (κ2) is 14.0. The summed E-state index contributed by atoms with van der Waals surface area (Å²) in [7, 11) is 0. The molecule has 16 nitrogen and oxygen atoms in total. The predicted octanol–water partition coefficient (Wildman–Crippen LogP) is -4.02. The Kier molecular flexibility index (Phi) is 11.5. The highest BCUT2D eigenvalue weighted by molar-refractivity contribution is 5.94. The van der Waals surface area contributed by atoms with Crippen LogP contribution in [0, 0.1) is 0 Å². The maximum Gasteiger partial charge on any atom is 0.322 e. The average Bonchev–Trinajstić information content (AvgIpc) is 3.25. The number of nitrogens with zero attached hydrogens (tertiary/aromatic N) is 2. The molecule has 0 bridgehead atoms. The van der Waals surface area contributed by atoms with Gasteiger partial charge in [0, 0.05) is 24.9 Å². The molecule has 0 aromatic carbocycles. The second-order valence-corrected chi connectivity index (χ2v) is 7.17. The number of guanidine groups is 1. The Balaban J connectivity index is 2.97. The third kappa shape index (κ3) is 10.9. The van der Waals surface area contributed by atoms with Crippen molar-refractivity contribution in [2.45, 2.75) is 43.8 Å². The number of nitrogens with two attached hydrogens (primary N) is 3. The minimum absolute atomic E-state index is 0.0294. The Morgan fingerprint density at radius 1 is 1.03 bits per heavy atom. The van der Waals surface area contributed by atoms with Gasteiger partial charge in [0.05, 0.1) is 18.8 Å². The first-order chi connectivity index (χ1) is 16.0. The van der Waals surface area contributed by atoms with E-state index in [-0.39, 0.29) is 31.8 Å². The normalized spacial score (nSPS) is 13.1. The van der Waals surface area contributed by atoms with Crippen molar-refractivity contribution >= 4 is 35.6 Å². The second-order valence-electron chi connectivity index (χ2n) is 7.17. The van der Waals surface area contributed by atoms with Crippen LogP contribution in [0.3, 0.4) is 0 Å². The van der Waals surface area contributed by atoms with E-state index >= 15 is 0 Å². The van der Waals surface area contributed by atoms with E-state index in [9.17, 15) is 24.0 Å². The quantitative estimate of drug-likeness (QED) is 0.0657. The molecule has 188 valence electrons. The molecular formula is C18H29N9O7. The Bertz CT molecular complexity index is 884. The van der Waals surface area contributed by atoms with Crippen molar-refractivity contribution < 1.29 is 34.2 Å². The summed E-state index contributed by atoms with van der Waals surface area (Å²) in [4.78, 5) is 69.7. The summed E-state index contributed by atoms with van der Waals surface area (Å²) in [6.07, 6.45) is 2.35. The van der Waals surface area contributed by atoms with Crippen LogP contribution in [0.5, 0.6) is 0 Å². The third-order valence-electron chi connectivity index (χ3n) is 4.34. The van der Waals surface area contributed by atoms with E-state index < -0.39 is 60.8 Å². The number of aromatic amines is 1. The highest BCUT2D eigenvalue weighted by Gasteiger charge is 2.29. The molecule has 3 unspecified atom stereocenters. The van der Waals surface area contributed by atoms with Crippen molar-refractivity contribution in [1.82, 2.24) is 25.9 Å². The van der Waals surface area contributed by atoms with E-state index in [1.54, 1.807) is 0 Å². The number of carboxylic acid groups (broad SMARTS) is 2. The van der Waals surface area contributed by atoms with E-state index in [2.05, 4.69) is 30.9 Å². The minimum Gasteiger partial charge on any atom is -0.481 e. The van der Waals surface area contributed by atoms with Crippen molar-refractivity contribution in [3.8, 4) is 0 Å². The van der Waals surface area contributed by atoms with Gasteiger partial charge >= 0.3 is 11.9 Å². The van der Waals surface area contributed by atoms with Gasteiger partial charge in [0.2, 0.25) is 17.7 Å². The van der Waals surface area contributed by atoms with Crippen LogP contribution in [-0.2, 0) is 30.4 Å². The molecule has 0 aliphatic carbocycles. The Hall–Kier alpha value is -4.21. The van der Waals surface area contributed by atoms with Crippen molar-refractivity contribution in [1.29, 1.82) is 0 Å². The summed E-state index contributed by atoms with van der Waals surface area (Å²) in [5.74, 6) is -5.19. The number of aliphatic carboxylic acids is 2. The first-order valence-electron chi connectivity index (χ1n) is 10.1. The van der Waals surface area contributed by atoms with Gasteiger partial charge in [0.25, 0.3) is 0 Å². The van der Waals surface area contributed by atoms with Crippen LogP contribution < -0.4 is 33.2 Å². The standard InChI is InChI=1S/C18H29N9O7/c19-10(5-13(28)29)15(32)26-11(2-1-3-23-18(20)21)17(34)27-12(4-9-6-22-8-25-9)16(33)24-7-14(30)31/h6,8,10-12H,1-5,7,19H2,(H,22,25)(H,24,33)(H,26,32)(H,27,34)(H,28,29)(H,30,31)(H4,20,21,23). The van der Waals surface area contributed by atoms with Gasteiger partial charge in [-0.3, -0.25) is 29.0 Å². The van der Waals surface area contributed by atoms with Gasteiger partial charge in [-0.2, -0.15) is 0 Å². The lowest BCUT2D eigenvalue weighted by Gasteiger charge is -2.23. The van der Waals surface area contributed by atoms with Crippen LogP contribution in [0.1, 0.15) is 25.0 Å². The summed E-state index contributed by atoms with van der Waals surface area (Å²) in [6.45, 7) is -0.531. The van der Waals surface area contributed by atoms with Gasteiger partial charge in [-0.25, -0.2) is 4.98 Å². The lowest BCUT2D eigenvalue weighted by atomic mass is 10.1. The molecule has 0 fully saturated rings. The number of aliphatic imine (C=N–C) groups is 1. The summed E-state index contributed by atoms with van der Waals surface area (Å²) in [6, 6.07) is -3.83. The molecule has 1 rings (SSSR count). The molecule has 1 aromatic heterocycles. The van der Waals surface area contributed by atoms with Gasteiger partial charge < -0.3 is 48.3 Å². The number of hydrogen-bond acceptors (Lipinski definition) is 8. The zero-order valence-corrected chi connectivity index (χ0v) is 18.2. The largest absolute Gasteiger partial charge is 0.481 e. The first kappa shape index (κ1) is 27.8. The fourth-order valence-electron chi connectivity index (χ4n) is 2.72. The number of imidazole rings is 1. The fraction of sp³-hybridized carbons (Fsp3) is 0.500. The van der Waals surface area contributed by atoms with Gasteiger partial charge in [-0.15, -0.1) is 0 Å². The predicted molar refractivity (Wildman–Crippen MR) is 117 cm³/mol. The van der Waals surface area contributed by atoms with Gasteiger partial charge in [-0.05, 0) is 12.8 Å². The zero-order chi connectivity index (χ0) is 25.7. The van der Waals surface area contributed by atoms with Gasteiger partial charge in [-0.1, -0.05) is 0 Å². The Morgan fingerprint density at radius 3 is 2.26 bits per heavy atom. The molecule has 3 amide bonds. The maximum atomic E-state index is 12.9. The first-order valence-corrected chi connectivity index (χ1v) is 10.1. The number of carbonyl (C=O) groups excluding carboxylic acids is 3. The monoisotopic (exact) mass is 483 g/mol. The van der Waals surface area contributed by atoms with E-state index in [0.29, 0.717) is 5.69 Å². The van der Waals surface area contributed by atoms with Gasteiger partial charge in [0.1, 0.15) is 18.6 Å². The molecule has 0 saturated heterocycles. The molecule has 16 heteroatoms. The highest BCUT2D eigenvalue weighted by atomic mass is 16.4. The molecule has 1 heterocycles. The summed E-state index contributed by atoms with van der Waals surface area (Å²) < 4.78 is 0. The Labute approximate surface area is 193 Å².